The zero-order chi connectivity index (χ0) is 15.4. The van der Waals surface area contributed by atoms with E-state index in [9.17, 15) is 9.90 Å². The maximum Gasteiger partial charge on any atom is 0.250 e. The quantitative estimate of drug-likeness (QED) is 0.852. The van der Waals surface area contributed by atoms with Crippen molar-refractivity contribution in [3.05, 3.63) is 64.1 Å². The number of nitrogens with zero attached hydrogens (tertiary/aromatic N) is 1. The minimum Gasteiger partial charge on any atom is -0.508 e. The Hall–Kier alpha value is -1.97. The molecule has 0 saturated heterocycles. The summed E-state index contributed by atoms with van der Waals surface area (Å²) in [5, 5.41) is 10.3. The molecule has 0 unspecified atom stereocenters. The molecule has 0 bridgehead atoms. The van der Waals surface area contributed by atoms with Crippen LogP contribution in [0.2, 0.25) is 10.0 Å². The third-order valence-electron chi connectivity index (χ3n) is 2.94. The molecule has 108 valence electrons. The number of rotatable bonds is 3. The maximum atomic E-state index is 12.1. The summed E-state index contributed by atoms with van der Waals surface area (Å²) in [4.78, 5) is 13.6. The first-order valence-electron chi connectivity index (χ1n) is 6.17. The summed E-state index contributed by atoms with van der Waals surface area (Å²) in [6, 6.07) is 11.5. The Morgan fingerprint density at radius 2 is 1.81 bits per heavy atom. The predicted octanol–water partition coefficient (Wildman–Crippen LogP) is 4.38. The van der Waals surface area contributed by atoms with Crippen LogP contribution in [0, 0.1) is 0 Å². The Morgan fingerprint density at radius 3 is 2.43 bits per heavy atom. The van der Waals surface area contributed by atoms with Crippen LogP contribution in [-0.2, 0) is 4.79 Å². The molecule has 2 aromatic carbocycles. The highest BCUT2D eigenvalue weighted by Crippen LogP contribution is 2.22. The molecular weight excluding hydrogens is 309 g/mol. The number of phenolic OH excluding ortho intramolecular Hbond substituents is 1. The van der Waals surface area contributed by atoms with Gasteiger partial charge in [0.05, 0.1) is 0 Å². The predicted molar refractivity (Wildman–Crippen MR) is 87.0 cm³/mol. The summed E-state index contributed by atoms with van der Waals surface area (Å²) in [6.07, 6.45) is 3.07. The number of benzene rings is 2. The molecule has 2 aromatic rings. The van der Waals surface area contributed by atoms with Gasteiger partial charge < -0.3 is 10.0 Å². The number of anilines is 1. The molecule has 2 rings (SSSR count). The number of halogens is 2. The van der Waals surface area contributed by atoms with Crippen LogP contribution in [0.25, 0.3) is 6.08 Å². The van der Waals surface area contributed by atoms with Crippen LogP contribution in [0.5, 0.6) is 5.75 Å². The van der Waals surface area contributed by atoms with E-state index in [4.69, 9.17) is 23.2 Å². The number of aromatic hydroxyl groups is 1. The van der Waals surface area contributed by atoms with Gasteiger partial charge in [-0.15, -0.1) is 0 Å². The van der Waals surface area contributed by atoms with Gasteiger partial charge >= 0.3 is 0 Å². The molecule has 3 nitrogen and oxygen atoms in total. The second kappa shape index (κ2) is 6.66. The van der Waals surface area contributed by atoms with Gasteiger partial charge in [0, 0.05) is 28.9 Å². The Bertz CT molecular complexity index is 681. The van der Waals surface area contributed by atoms with E-state index in [1.54, 1.807) is 43.5 Å². The van der Waals surface area contributed by atoms with E-state index < -0.39 is 0 Å². The van der Waals surface area contributed by atoms with Crippen LogP contribution >= 0.6 is 23.2 Å². The largest absolute Gasteiger partial charge is 0.508 e. The minimum absolute atomic E-state index is 0.156. The van der Waals surface area contributed by atoms with Gasteiger partial charge in [0.15, 0.2) is 0 Å². The molecule has 5 heteroatoms. The second-order valence-corrected chi connectivity index (χ2v) is 5.26. The Kier molecular flexibility index (Phi) is 4.89. The number of amides is 1. The van der Waals surface area contributed by atoms with Crippen LogP contribution in [0.4, 0.5) is 5.69 Å². The van der Waals surface area contributed by atoms with E-state index in [0.29, 0.717) is 21.3 Å². The topological polar surface area (TPSA) is 40.5 Å². The molecule has 0 aromatic heterocycles. The zero-order valence-corrected chi connectivity index (χ0v) is 12.8. The van der Waals surface area contributed by atoms with Crippen molar-refractivity contribution in [3.8, 4) is 5.75 Å². The second-order valence-electron chi connectivity index (χ2n) is 4.41. The lowest BCUT2D eigenvalue weighted by Gasteiger charge is -2.15. The van der Waals surface area contributed by atoms with E-state index in [0.717, 1.165) is 0 Å². The highest BCUT2D eigenvalue weighted by Gasteiger charge is 2.07. The minimum atomic E-state index is -0.202. The summed E-state index contributed by atoms with van der Waals surface area (Å²) in [6.45, 7) is 0. The lowest BCUT2D eigenvalue weighted by atomic mass is 10.2. The van der Waals surface area contributed by atoms with Crippen LogP contribution in [0.1, 0.15) is 5.56 Å². The van der Waals surface area contributed by atoms with Gasteiger partial charge in [0.25, 0.3) is 5.91 Å². The normalized spacial score (nSPS) is 10.8. The molecule has 1 amide bonds. The molecule has 0 saturated carbocycles. The van der Waals surface area contributed by atoms with E-state index in [2.05, 4.69) is 0 Å². The lowest BCUT2D eigenvalue weighted by molar-refractivity contribution is -0.113. The molecule has 0 fully saturated rings. The zero-order valence-electron chi connectivity index (χ0n) is 11.3. The van der Waals surface area contributed by atoms with Crippen molar-refractivity contribution in [3.63, 3.8) is 0 Å². The van der Waals surface area contributed by atoms with Gasteiger partial charge in [-0.25, -0.2) is 0 Å². The molecule has 0 radical (unpaired) electrons. The molecule has 0 aliphatic heterocycles. The van der Waals surface area contributed by atoms with E-state index in [1.165, 1.54) is 23.1 Å². The average molecular weight is 322 g/mol. The monoisotopic (exact) mass is 321 g/mol. The fourth-order valence-electron chi connectivity index (χ4n) is 1.71. The van der Waals surface area contributed by atoms with Gasteiger partial charge in [0.1, 0.15) is 5.75 Å². The van der Waals surface area contributed by atoms with Crippen molar-refractivity contribution in [2.45, 2.75) is 0 Å². The number of hydrogen-bond donors (Lipinski definition) is 1. The van der Waals surface area contributed by atoms with Crippen molar-refractivity contribution in [2.75, 3.05) is 11.9 Å². The third kappa shape index (κ3) is 4.00. The fourth-order valence-corrected chi connectivity index (χ4v) is 2.18. The lowest BCUT2D eigenvalue weighted by Crippen LogP contribution is -2.23. The van der Waals surface area contributed by atoms with E-state index in [-0.39, 0.29) is 11.7 Å². The first-order chi connectivity index (χ1) is 9.97. The molecule has 0 heterocycles. The van der Waals surface area contributed by atoms with Crippen LogP contribution in [0.3, 0.4) is 0 Å². The summed E-state index contributed by atoms with van der Waals surface area (Å²) in [5.74, 6) is -0.0465. The molecule has 21 heavy (non-hydrogen) atoms. The van der Waals surface area contributed by atoms with Gasteiger partial charge in [-0.2, -0.15) is 0 Å². The summed E-state index contributed by atoms with van der Waals surface area (Å²) in [5.41, 5.74) is 1.40. The van der Waals surface area contributed by atoms with Crippen molar-refractivity contribution >= 4 is 40.9 Å². The first kappa shape index (κ1) is 15.4. The van der Waals surface area contributed by atoms with Crippen molar-refractivity contribution in [1.82, 2.24) is 0 Å². The van der Waals surface area contributed by atoms with E-state index in [1.807, 2.05) is 0 Å². The smallest absolute Gasteiger partial charge is 0.250 e. The van der Waals surface area contributed by atoms with Crippen LogP contribution < -0.4 is 4.90 Å². The average Bonchev–Trinajstić information content (AvgIpc) is 2.46. The fraction of sp³-hybridized carbons (Fsp3) is 0.0625. The molecule has 0 aliphatic carbocycles. The molecular formula is C16H13Cl2NO2. The van der Waals surface area contributed by atoms with Crippen LogP contribution in [-0.4, -0.2) is 18.1 Å². The number of likely N-dealkylation sites (N-methyl/N-ethyl adjacent to an activating group) is 1. The van der Waals surface area contributed by atoms with Gasteiger partial charge in [-0.05, 0) is 48.0 Å². The third-order valence-corrected chi connectivity index (χ3v) is 3.50. The number of carbonyl (C=O) groups excluding carboxylic acids is 1. The van der Waals surface area contributed by atoms with Gasteiger partial charge in [-0.3, -0.25) is 4.79 Å². The number of phenols is 1. The highest BCUT2D eigenvalue weighted by molar-refractivity contribution is 6.35. The molecule has 0 spiro atoms. The van der Waals surface area contributed by atoms with Gasteiger partial charge in [-0.1, -0.05) is 29.3 Å². The molecule has 0 atom stereocenters. The Balaban J connectivity index is 2.13. The Labute approximate surface area is 133 Å². The SMILES string of the molecule is CN(C(=O)/C=C/c1ccc(Cl)cc1Cl)c1ccc(O)cc1. The summed E-state index contributed by atoms with van der Waals surface area (Å²) >= 11 is 11.9. The standard InChI is InChI=1S/C16H13Cl2NO2/c1-19(13-5-7-14(20)8-6-13)16(21)9-3-11-2-4-12(17)10-15(11)18/h2-10,20H,1H3/b9-3+. The summed E-state index contributed by atoms with van der Waals surface area (Å²) < 4.78 is 0. The molecule has 1 N–H and O–H groups in total. The van der Waals surface area contributed by atoms with Crippen molar-refractivity contribution in [1.29, 1.82) is 0 Å². The van der Waals surface area contributed by atoms with Crippen molar-refractivity contribution in [2.24, 2.45) is 0 Å². The Morgan fingerprint density at radius 1 is 1.14 bits per heavy atom. The number of hydrogen-bond acceptors (Lipinski definition) is 2. The van der Waals surface area contributed by atoms with Crippen molar-refractivity contribution < 1.29 is 9.90 Å². The molecule has 0 aliphatic rings. The van der Waals surface area contributed by atoms with Crippen LogP contribution in [0.15, 0.2) is 48.5 Å². The maximum absolute atomic E-state index is 12.1. The van der Waals surface area contributed by atoms with E-state index >= 15 is 0 Å². The number of carbonyl (C=O) groups is 1. The first-order valence-corrected chi connectivity index (χ1v) is 6.93. The van der Waals surface area contributed by atoms with Gasteiger partial charge in [0.2, 0.25) is 0 Å². The summed E-state index contributed by atoms with van der Waals surface area (Å²) in [7, 11) is 1.66. The highest BCUT2D eigenvalue weighted by atomic mass is 35.5.